The van der Waals surface area contributed by atoms with Gasteiger partial charge in [-0.3, -0.25) is 9.59 Å². The van der Waals surface area contributed by atoms with Gasteiger partial charge in [0.1, 0.15) is 31.0 Å². The molecule has 1 aliphatic heterocycles. The zero-order valence-corrected chi connectivity index (χ0v) is 33.8. The average molecular weight is 757 g/mol. The lowest BCUT2D eigenvalue weighted by Gasteiger charge is -2.39. The van der Waals surface area contributed by atoms with E-state index in [-0.39, 0.29) is 32.0 Å². The minimum absolute atomic E-state index is 0.217. The molecule has 0 spiro atoms. The number of rotatable bonds is 36. The summed E-state index contributed by atoms with van der Waals surface area (Å²) in [7, 11) is 0. The summed E-state index contributed by atoms with van der Waals surface area (Å²) in [5, 5.41) is 40.0. The fourth-order valence-corrected chi connectivity index (χ4v) is 6.65. The van der Waals surface area contributed by atoms with E-state index in [2.05, 4.69) is 26.0 Å². The summed E-state index contributed by atoms with van der Waals surface area (Å²) < 4.78 is 22.1. The third-order valence-electron chi connectivity index (χ3n) is 10.2. The number of aliphatic hydroxyl groups excluding tert-OH is 4. The summed E-state index contributed by atoms with van der Waals surface area (Å²) in [6, 6.07) is 0. The molecule has 10 heteroatoms. The summed E-state index contributed by atoms with van der Waals surface area (Å²) in [5.41, 5.74) is 0. The first-order valence-corrected chi connectivity index (χ1v) is 21.8. The van der Waals surface area contributed by atoms with Crippen molar-refractivity contribution in [1.29, 1.82) is 0 Å². The quantitative estimate of drug-likeness (QED) is 0.0277. The van der Waals surface area contributed by atoms with Crippen LogP contribution in [-0.4, -0.2) is 89.0 Å². The van der Waals surface area contributed by atoms with Gasteiger partial charge < -0.3 is 39.4 Å². The van der Waals surface area contributed by atoms with Crippen LogP contribution in [-0.2, 0) is 28.5 Å². The number of ether oxygens (including phenoxy) is 4. The number of hydrogen-bond donors (Lipinski definition) is 4. The molecule has 4 N–H and O–H groups in total. The highest BCUT2D eigenvalue weighted by Crippen LogP contribution is 2.23. The molecule has 1 fully saturated rings. The normalized spacial score (nSPS) is 20.9. The first-order valence-electron chi connectivity index (χ1n) is 21.8. The summed E-state index contributed by atoms with van der Waals surface area (Å²) >= 11 is 0. The molecule has 1 rings (SSSR count). The van der Waals surface area contributed by atoms with E-state index in [0.717, 1.165) is 57.8 Å². The van der Waals surface area contributed by atoms with Crippen LogP contribution in [0.15, 0.2) is 12.2 Å². The molecule has 0 bridgehead atoms. The van der Waals surface area contributed by atoms with Crippen LogP contribution in [0.1, 0.15) is 194 Å². The zero-order valence-electron chi connectivity index (χ0n) is 33.8. The Kier molecular flexibility index (Phi) is 32.6. The van der Waals surface area contributed by atoms with Gasteiger partial charge in [0.25, 0.3) is 0 Å². The van der Waals surface area contributed by atoms with Crippen LogP contribution >= 0.6 is 0 Å². The summed E-state index contributed by atoms with van der Waals surface area (Å²) in [4.78, 5) is 25.3. The Bertz CT molecular complexity index is 881. The number of carbonyl (C=O) groups is 2. The molecular weight excluding hydrogens is 676 g/mol. The third kappa shape index (κ3) is 26.8. The Morgan fingerprint density at radius 1 is 0.566 bits per heavy atom. The number of esters is 2. The van der Waals surface area contributed by atoms with E-state index in [0.29, 0.717) is 6.42 Å². The van der Waals surface area contributed by atoms with Crippen LogP contribution in [0.3, 0.4) is 0 Å². The molecule has 53 heavy (non-hydrogen) atoms. The van der Waals surface area contributed by atoms with E-state index in [1.165, 1.54) is 103 Å². The second kappa shape index (κ2) is 34.9. The van der Waals surface area contributed by atoms with Gasteiger partial charge in [-0.05, 0) is 38.5 Å². The molecule has 2 unspecified atom stereocenters. The lowest BCUT2D eigenvalue weighted by atomic mass is 9.99. The molecule has 0 aromatic rings. The van der Waals surface area contributed by atoms with Gasteiger partial charge in [0.2, 0.25) is 0 Å². The average Bonchev–Trinajstić information content (AvgIpc) is 3.15. The Hall–Kier alpha value is -1.56. The van der Waals surface area contributed by atoms with E-state index in [1.807, 2.05) is 0 Å². The molecule has 0 aliphatic carbocycles. The van der Waals surface area contributed by atoms with Gasteiger partial charge in [-0.15, -0.1) is 0 Å². The SMILES string of the molecule is CCCCCCC/C=C/CCCCCCCC(=O)OC[C@@H](CO[C@H]1O[C@@H](CO)[C@@H](O)C(O)C1O)OC(=O)CCCCCCCCCCCCCCCC. The number of aliphatic hydroxyl groups is 4. The van der Waals surface area contributed by atoms with Gasteiger partial charge in [-0.25, -0.2) is 0 Å². The van der Waals surface area contributed by atoms with E-state index < -0.39 is 49.4 Å². The van der Waals surface area contributed by atoms with Crippen LogP contribution in [0, 0.1) is 0 Å². The topological polar surface area (TPSA) is 152 Å². The van der Waals surface area contributed by atoms with E-state index in [4.69, 9.17) is 18.9 Å². The van der Waals surface area contributed by atoms with Crippen molar-refractivity contribution in [2.45, 2.75) is 230 Å². The summed E-state index contributed by atoms with van der Waals surface area (Å²) in [5.74, 6) is -0.808. The Labute approximate surface area is 322 Å². The Morgan fingerprint density at radius 2 is 1.00 bits per heavy atom. The maximum absolute atomic E-state index is 12.7. The first-order chi connectivity index (χ1) is 25.8. The molecule has 1 aliphatic rings. The summed E-state index contributed by atoms with van der Waals surface area (Å²) in [6.45, 7) is 3.41. The van der Waals surface area contributed by atoms with Crippen LogP contribution in [0.2, 0.25) is 0 Å². The van der Waals surface area contributed by atoms with Gasteiger partial charge in [0, 0.05) is 12.8 Å². The smallest absolute Gasteiger partial charge is 0.306 e. The minimum Gasteiger partial charge on any atom is -0.462 e. The Morgan fingerprint density at radius 3 is 1.47 bits per heavy atom. The maximum Gasteiger partial charge on any atom is 0.306 e. The minimum atomic E-state index is -1.59. The second-order valence-electron chi connectivity index (χ2n) is 15.2. The van der Waals surface area contributed by atoms with E-state index in [9.17, 15) is 30.0 Å². The van der Waals surface area contributed by atoms with Gasteiger partial charge >= 0.3 is 11.9 Å². The standard InChI is InChI=1S/C43H80O10/c1-3-5-7-9-11-13-15-17-19-21-23-25-27-29-31-38(45)50-34-36(35-51-43-42(49)41(48)40(47)37(33-44)53-43)52-39(46)32-30-28-26-24-22-20-18-16-14-12-10-8-6-4-2/h15,17,36-37,40-44,47-49H,3-14,16,18-35H2,1-2H3/b17-15+/t36-,37-,40+,41?,42?,43-/m0/s1. The highest BCUT2D eigenvalue weighted by Gasteiger charge is 2.44. The lowest BCUT2D eigenvalue weighted by Crippen LogP contribution is -2.59. The zero-order chi connectivity index (χ0) is 38.8. The Balaban J connectivity index is 2.35. The summed E-state index contributed by atoms with van der Waals surface area (Å²) in [6.07, 6.45) is 27.8. The molecule has 0 aromatic carbocycles. The lowest BCUT2D eigenvalue weighted by molar-refractivity contribution is -0.305. The van der Waals surface area contributed by atoms with Crippen molar-refractivity contribution in [3.05, 3.63) is 12.2 Å². The van der Waals surface area contributed by atoms with Crippen LogP contribution in [0.4, 0.5) is 0 Å². The van der Waals surface area contributed by atoms with Crippen molar-refractivity contribution in [2.75, 3.05) is 19.8 Å². The van der Waals surface area contributed by atoms with Crippen molar-refractivity contribution in [1.82, 2.24) is 0 Å². The maximum atomic E-state index is 12.7. The number of unbranched alkanes of at least 4 members (excludes halogenated alkanes) is 23. The first kappa shape index (κ1) is 49.5. The monoisotopic (exact) mass is 757 g/mol. The molecule has 0 saturated carbocycles. The molecule has 10 nitrogen and oxygen atoms in total. The molecule has 0 radical (unpaired) electrons. The van der Waals surface area contributed by atoms with Crippen molar-refractivity contribution in [3.63, 3.8) is 0 Å². The molecular formula is C43H80O10. The number of carbonyl (C=O) groups excluding carboxylic acids is 2. The molecule has 1 saturated heterocycles. The fourth-order valence-electron chi connectivity index (χ4n) is 6.65. The van der Waals surface area contributed by atoms with Crippen LogP contribution in [0.5, 0.6) is 0 Å². The van der Waals surface area contributed by atoms with E-state index >= 15 is 0 Å². The fraction of sp³-hybridized carbons (Fsp3) is 0.907. The molecule has 1 heterocycles. The predicted octanol–water partition coefficient (Wildman–Crippen LogP) is 8.78. The van der Waals surface area contributed by atoms with Crippen LogP contribution in [0.25, 0.3) is 0 Å². The number of allylic oxidation sites excluding steroid dienone is 2. The van der Waals surface area contributed by atoms with Crippen molar-refractivity contribution in [3.8, 4) is 0 Å². The van der Waals surface area contributed by atoms with Gasteiger partial charge in [0.15, 0.2) is 12.4 Å². The highest BCUT2D eigenvalue weighted by atomic mass is 16.7. The predicted molar refractivity (Wildman–Crippen MR) is 210 cm³/mol. The van der Waals surface area contributed by atoms with Gasteiger partial charge in [-0.1, -0.05) is 154 Å². The van der Waals surface area contributed by atoms with Crippen LogP contribution < -0.4 is 0 Å². The third-order valence-corrected chi connectivity index (χ3v) is 10.2. The molecule has 0 amide bonds. The second-order valence-corrected chi connectivity index (χ2v) is 15.2. The van der Waals surface area contributed by atoms with Gasteiger partial charge in [0.05, 0.1) is 13.2 Å². The molecule has 0 aromatic heterocycles. The van der Waals surface area contributed by atoms with Crippen molar-refractivity contribution >= 4 is 11.9 Å². The van der Waals surface area contributed by atoms with Crippen molar-refractivity contribution < 1.29 is 49.0 Å². The largest absolute Gasteiger partial charge is 0.462 e. The van der Waals surface area contributed by atoms with E-state index in [1.54, 1.807) is 0 Å². The number of hydrogen-bond acceptors (Lipinski definition) is 10. The van der Waals surface area contributed by atoms with Gasteiger partial charge in [-0.2, -0.15) is 0 Å². The molecule has 6 atom stereocenters. The molecule has 312 valence electrons. The van der Waals surface area contributed by atoms with Crippen molar-refractivity contribution in [2.24, 2.45) is 0 Å². The highest BCUT2D eigenvalue weighted by molar-refractivity contribution is 5.70.